The normalized spacial score (nSPS) is 19.5. The van der Waals surface area contributed by atoms with Gasteiger partial charge in [0.25, 0.3) is 5.56 Å². The van der Waals surface area contributed by atoms with Crippen LogP contribution in [0.1, 0.15) is 37.3 Å². The fourth-order valence-electron chi connectivity index (χ4n) is 4.33. The van der Waals surface area contributed by atoms with E-state index in [1.807, 2.05) is 4.98 Å². The van der Waals surface area contributed by atoms with E-state index in [1.165, 1.54) is 36.4 Å². The standard InChI is InChI=1S/C30H23FN2O9/c31-21-16-33(30(38)32-25(21)34)26-24(42-29(37)20-14-8-3-9-15-20)23(41-28(36)19-12-6-2-7-13-19)22(40-26)17-39-27(35)18-10-4-1-5-11-18/h1-16,22-24,26H,17H2,(H,32,34,38)/t22-,23+,24-,26-/m1/s1. The van der Waals surface area contributed by atoms with Crippen LogP contribution in [-0.4, -0.2) is 52.4 Å². The molecule has 0 unspecified atom stereocenters. The van der Waals surface area contributed by atoms with Crippen molar-refractivity contribution < 1.29 is 37.7 Å². The second-order valence-corrected chi connectivity index (χ2v) is 9.15. The summed E-state index contributed by atoms with van der Waals surface area (Å²) in [6.07, 6.45) is -5.28. The van der Waals surface area contributed by atoms with Gasteiger partial charge in [0.15, 0.2) is 18.4 Å². The molecule has 0 saturated carbocycles. The number of aromatic nitrogens is 2. The molecular weight excluding hydrogens is 551 g/mol. The van der Waals surface area contributed by atoms with E-state index in [0.29, 0.717) is 10.8 Å². The van der Waals surface area contributed by atoms with Gasteiger partial charge in [0.1, 0.15) is 12.7 Å². The molecule has 0 aliphatic carbocycles. The van der Waals surface area contributed by atoms with Gasteiger partial charge in [-0.15, -0.1) is 0 Å². The Hall–Kier alpha value is -5.36. The molecule has 214 valence electrons. The van der Waals surface area contributed by atoms with Crippen LogP contribution in [0.15, 0.2) is 107 Å². The Morgan fingerprint density at radius 3 is 1.74 bits per heavy atom. The lowest BCUT2D eigenvalue weighted by molar-refractivity contribution is -0.0643. The van der Waals surface area contributed by atoms with Gasteiger partial charge < -0.3 is 18.9 Å². The third-order valence-electron chi connectivity index (χ3n) is 6.38. The third-order valence-corrected chi connectivity index (χ3v) is 6.38. The first-order valence-electron chi connectivity index (χ1n) is 12.7. The van der Waals surface area contributed by atoms with Gasteiger partial charge in [-0.25, -0.2) is 19.2 Å². The number of hydrogen-bond donors (Lipinski definition) is 1. The average Bonchev–Trinajstić information content (AvgIpc) is 3.34. The zero-order valence-electron chi connectivity index (χ0n) is 21.8. The number of H-pyrrole nitrogens is 1. The summed E-state index contributed by atoms with van der Waals surface area (Å²) in [5.41, 5.74) is -1.84. The second-order valence-electron chi connectivity index (χ2n) is 9.15. The number of nitrogens with one attached hydrogen (secondary N) is 1. The molecule has 1 fully saturated rings. The van der Waals surface area contributed by atoms with Crippen LogP contribution in [0.25, 0.3) is 0 Å². The van der Waals surface area contributed by atoms with Crippen molar-refractivity contribution in [2.24, 2.45) is 0 Å². The van der Waals surface area contributed by atoms with Gasteiger partial charge in [-0.3, -0.25) is 14.3 Å². The largest absolute Gasteiger partial charge is 0.459 e. The van der Waals surface area contributed by atoms with Crippen LogP contribution in [0.5, 0.6) is 0 Å². The first kappa shape index (κ1) is 28.2. The van der Waals surface area contributed by atoms with E-state index in [9.17, 15) is 28.4 Å². The summed E-state index contributed by atoms with van der Waals surface area (Å²) < 4.78 is 37.8. The zero-order chi connectivity index (χ0) is 29.6. The Morgan fingerprint density at radius 2 is 1.21 bits per heavy atom. The molecule has 0 spiro atoms. The van der Waals surface area contributed by atoms with Crippen LogP contribution in [0.3, 0.4) is 0 Å². The van der Waals surface area contributed by atoms with Crippen molar-refractivity contribution in [1.82, 2.24) is 9.55 Å². The van der Waals surface area contributed by atoms with Gasteiger partial charge in [0, 0.05) is 0 Å². The minimum atomic E-state index is -1.59. The minimum absolute atomic E-state index is 0.128. The number of rotatable bonds is 8. The lowest BCUT2D eigenvalue weighted by atomic mass is 10.1. The van der Waals surface area contributed by atoms with Gasteiger partial charge in [0.05, 0.1) is 22.9 Å². The summed E-state index contributed by atoms with van der Waals surface area (Å²) >= 11 is 0. The maximum atomic E-state index is 14.3. The topological polar surface area (TPSA) is 143 Å². The van der Waals surface area contributed by atoms with Gasteiger partial charge in [0.2, 0.25) is 5.82 Å². The van der Waals surface area contributed by atoms with E-state index in [0.717, 1.165) is 0 Å². The van der Waals surface area contributed by atoms with E-state index < -0.39 is 66.1 Å². The predicted molar refractivity (Wildman–Crippen MR) is 143 cm³/mol. The molecule has 1 aliphatic rings. The SMILES string of the molecule is O=C(OC[C@H]1O[C@@H](n2cc(F)c(=O)[nH]c2=O)[C@H](OC(=O)c2ccccc2)[C@H]1OC(=O)c1ccccc1)c1ccccc1. The van der Waals surface area contributed by atoms with Crippen molar-refractivity contribution in [3.05, 3.63) is 141 Å². The van der Waals surface area contributed by atoms with Gasteiger partial charge >= 0.3 is 23.6 Å². The highest BCUT2D eigenvalue weighted by molar-refractivity contribution is 5.91. The smallest absolute Gasteiger partial charge is 0.338 e. The van der Waals surface area contributed by atoms with E-state index in [2.05, 4.69) is 0 Å². The molecule has 11 nitrogen and oxygen atoms in total. The van der Waals surface area contributed by atoms with Crippen LogP contribution in [-0.2, 0) is 18.9 Å². The van der Waals surface area contributed by atoms with E-state index >= 15 is 0 Å². The molecule has 0 radical (unpaired) electrons. The van der Waals surface area contributed by atoms with Gasteiger partial charge in [-0.1, -0.05) is 54.6 Å². The average molecular weight is 575 g/mol. The van der Waals surface area contributed by atoms with Crippen LogP contribution in [0.4, 0.5) is 4.39 Å². The van der Waals surface area contributed by atoms with E-state index in [4.69, 9.17) is 18.9 Å². The Kier molecular flexibility index (Phi) is 8.34. The number of esters is 3. The summed E-state index contributed by atoms with van der Waals surface area (Å²) in [5.74, 6) is -3.73. The molecule has 4 atom stereocenters. The molecule has 12 heteroatoms. The molecule has 42 heavy (non-hydrogen) atoms. The number of hydrogen-bond acceptors (Lipinski definition) is 9. The molecule has 1 aromatic heterocycles. The number of carbonyl (C=O) groups excluding carboxylic acids is 3. The molecule has 1 saturated heterocycles. The maximum absolute atomic E-state index is 14.3. The highest BCUT2D eigenvalue weighted by Gasteiger charge is 2.51. The van der Waals surface area contributed by atoms with E-state index in [-0.39, 0.29) is 16.7 Å². The number of nitrogens with zero attached hydrogens (tertiary/aromatic N) is 1. The van der Waals surface area contributed by atoms with Gasteiger partial charge in [-0.2, -0.15) is 4.39 Å². The molecule has 0 bridgehead atoms. The van der Waals surface area contributed by atoms with Crippen molar-refractivity contribution in [2.75, 3.05) is 6.61 Å². The minimum Gasteiger partial charge on any atom is -0.459 e. The van der Waals surface area contributed by atoms with Crippen LogP contribution in [0.2, 0.25) is 0 Å². The summed E-state index contributed by atoms with van der Waals surface area (Å²) in [7, 11) is 0. The number of carbonyl (C=O) groups is 3. The maximum Gasteiger partial charge on any atom is 0.338 e. The number of ether oxygens (including phenoxy) is 4. The summed E-state index contributed by atoms with van der Waals surface area (Å²) in [6.45, 7) is -0.503. The Labute approximate surface area is 237 Å². The van der Waals surface area contributed by atoms with Crippen LogP contribution in [0, 0.1) is 5.82 Å². The molecule has 2 heterocycles. The number of aromatic amines is 1. The highest BCUT2D eigenvalue weighted by Crippen LogP contribution is 2.34. The Bertz CT molecular complexity index is 1690. The zero-order valence-corrected chi connectivity index (χ0v) is 21.8. The number of halogens is 1. The van der Waals surface area contributed by atoms with Crippen molar-refractivity contribution in [1.29, 1.82) is 0 Å². The number of benzene rings is 3. The molecule has 1 aliphatic heterocycles. The summed E-state index contributed by atoms with van der Waals surface area (Å²) in [5, 5.41) is 0. The molecular formula is C30H23FN2O9. The third kappa shape index (κ3) is 6.18. The summed E-state index contributed by atoms with van der Waals surface area (Å²) in [6, 6.07) is 23.8. The first-order chi connectivity index (χ1) is 20.3. The van der Waals surface area contributed by atoms with Crippen LogP contribution < -0.4 is 11.2 Å². The molecule has 3 aromatic carbocycles. The lowest BCUT2D eigenvalue weighted by Gasteiger charge is -2.25. The molecule has 1 N–H and O–H groups in total. The van der Waals surface area contributed by atoms with Crippen molar-refractivity contribution in [2.45, 2.75) is 24.5 Å². The summed E-state index contributed by atoms with van der Waals surface area (Å²) in [4.78, 5) is 65.1. The predicted octanol–water partition coefficient (Wildman–Crippen LogP) is 2.88. The van der Waals surface area contributed by atoms with Gasteiger partial charge in [-0.05, 0) is 36.4 Å². The monoisotopic (exact) mass is 574 g/mol. The fraction of sp³-hybridized carbons (Fsp3) is 0.167. The highest BCUT2D eigenvalue weighted by atomic mass is 19.1. The van der Waals surface area contributed by atoms with Crippen LogP contribution >= 0.6 is 0 Å². The van der Waals surface area contributed by atoms with E-state index in [1.54, 1.807) is 54.6 Å². The molecule has 0 amide bonds. The van der Waals surface area contributed by atoms with Crippen molar-refractivity contribution in [3.63, 3.8) is 0 Å². The fourth-order valence-corrected chi connectivity index (χ4v) is 4.33. The Balaban J connectivity index is 1.52. The van der Waals surface area contributed by atoms with Crippen molar-refractivity contribution >= 4 is 17.9 Å². The lowest BCUT2D eigenvalue weighted by Crippen LogP contribution is -2.43. The first-order valence-corrected chi connectivity index (χ1v) is 12.7. The molecule has 5 rings (SSSR count). The second kappa shape index (κ2) is 12.4. The quantitative estimate of drug-likeness (QED) is 0.248. The van der Waals surface area contributed by atoms with Crippen molar-refractivity contribution in [3.8, 4) is 0 Å². The Morgan fingerprint density at radius 1 is 0.738 bits per heavy atom. The molecule has 4 aromatic rings.